The zero-order chi connectivity index (χ0) is 15.2. The average molecular weight is 301 g/mol. The third kappa shape index (κ3) is 3.60. The van der Waals surface area contributed by atoms with Gasteiger partial charge in [0, 0.05) is 32.4 Å². The van der Waals surface area contributed by atoms with Gasteiger partial charge < -0.3 is 9.80 Å². The molecule has 2 fully saturated rings. The maximum absolute atomic E-state index is 13.0. The van der Waals surface area contributed by atoms with Crippen molar-refractivity contribution < 1.29 is 4.79 Å². The topological polar surface area (TPSA) is 36.4 Å². The molecule has 120 valence electrons. The maximum Gasteiger partial charge on any atom is 0.257 e. The number of carbonyl (C=O) groups excluding carboxylic acids is 1. The van der Waals surface area contributed by atoms with Crippen molar-refractivity contribution in [3.63, 3.8) is 0 Å². The Bertz CT molecular complexity index is 487. The highest BCUT2D eigenvalue weighted by molar-refractivity contribution is 5.98. The molecular formula is C18H27N3O. The molecule has 2 saturated heterocycles. The largest absolute Gasteiger partial charge is 0.356 e. The second-order valence-corrected chi connectivity index (χ2v) is 6.48. The van der Waals surface area contributed by atoms with Gasteiger partial charge in [-0.05, 0) is 37.8 Å². The van der Waals surface area contributed by atoms with Gasteiger partial charge in [0.15, 0.2) is 0 Å². The number of hydrogen-bond donors (Lipinski definition) is 0. The van der Waals surface area contributed by atoms with Crippen molar-refractivity contribution >= 4 is 11.7 Å². The SMILES string of the molecule is O=C(c1cccnc1N1CCCCCC1)N1CCCCCC1. The fourth-order valence-corrected chi connectivity index (χ4v) is 3.54. The number of anilines is 1. The van der Waals surface area contributed by atoms with E-state index in [-0.39, 0.29) is 5.91 Å². The molecule has 0 atom stereocenters. The van der Waals surface area contributed by atoms with E-state index in [4.69, 9.17) is 0 Å². The molecule has 0 N–H and O–H groups in total. The second-order valence-electron chi connectivity index (χ2n) is 6.48. The Morgan fingerprint density at radius 3 is 2.09 bits per heavy atom. The van der Waals surface area contributed by atoms with Crippen LogP contribution in [0, 0.1) is 0 Å². The summed E-state index contributed by atoms with van der Waals surface area (Å²) < 4.78 is 0. The van der Waals surface area contributed by atoms with Crippen LogP contribution in [0.4, 0.5) is 5.82 Å². The van der Waals surface area contributed by atoms with Crippen LogP contribution in [0.15, 0.2) is 18.3 Å². The van der Waals surface area contributed by atoms with Crippen molar-refractivity contribution in [2.24, 2.45) is 0 Å². The van der Waals surface area contributed by atoms with E-state index >= 15 is 0 Å². The van der Waals surface area contributed by atoms with Gasteiger partial charge in [-0.2, -0.15) is 0 Å². The standard InChI is InChI=1S/C18H27N3O/c22-18(21-14-7-3-4-8-15-21)16-10-9-11-19-17(16)20-12-5-1-2-6-13-20/h9-11H,1-8,12-15H2. The quantitative estimate of drug-likeness (QED) is 0.839. The zero-order valence-electron chi connectivity index (χ0n) is 13.5. The minimum atomic E-state index is 0.175. The van der Waals surface area contributed by atoms with E-state index in [1.54, 1.807) is 0 Å². The van der Waals surface area contributed by atoms with E-state index in [0.717, 1.165) is 50.4 Å². The molecule has 22 heavy (non-hydrogen) atoms. The number of rotatable bonds is 2. The maximum atomic E-state index is 13.0. The number of likely N-dealkylation sites (tertiary alicyclic amines) is 1. The first kappa shape index (κ1) is 15.3. The third-order valence-corrected chi connectivity index (χ3v) is 4.82. The van der Waals surface area contributed by atoms with E-state index in [1.807, 2.05) is 23.2 Å². The molecule has 1 aromatic rings. The Morgan fingerprint density at radius 2 is 1.45 bits per heavy atom. The number of hydrogen-bond acceptors (Lipinski definition) is 3. The second kappa shape index (κ2) is 7.61. The Morgan fingerprint density at radius 1 is 0.864 bits per heavy atom. The Balaban J connectivity index is 1.81. The molecule has 2 aliphatic rings. The Kier molecular flexibility index (Phi) is 5.30. The molecule has 0 spiro atoms. The van der Waals surface area contributed by atoms with Gasteiger partial charge in [0.05, 0.1) is 5.56 Å². The molecule has 0 bridgehead atoms. The minimum absolute atomic E-state index is 0.175. The number of amides is 1. The molecule has 0 aliphatic carbocycles. The highest BCUT2D eigenvalue weighted by Crippen LogP contribution is 2.23. The summed E-state index contributed by atoms with van der Waals surface area (Å²) in [5, 5.41) is 0. The van der Waals surface area contributed by atoms with Crippen LogP contribution in [0.3, 0.4) is 0 Å². The smallest absolute Gasteiger partial charge is 0.257 e. The van der Waals surface area contributed by atoms with Crippen LogP contribution in [0.25, 0.3) is 0 Å². The van der Waals surface area contributed by atoms with E-state index in [0.29, 0.717) is 0 Å². The van der Waals surface area contributed by atoms with E-state index in [9.17, 15) is 4.79 Å². The van der Waals surface area contributed by atoms with Crippen LogP contribution in [0.5, 0.6) is 0 Å². The molecule has 0 unspecified atom stereocenters. The normalized spacial score (nSPS) is 20.4. The Labute approximate surface area is 133 Å². The van der Waals surface area contributed by atoms with Crippen molar-refractivity contribution in [1.82, 2.24) is 9.88 Å². The van der Waals surface area contributed by atoms with Crippen LogP contribution in [-0.4, -0.2) is 42.0 Å². The number of nitrogens with zero attached hydrogens (tertiary/aromatic N) is 3. The lowest BCUT2D eigenvalue weighted by Gasteiger charge is -2.26. The van der Waals surface area contributed by atoms with Crippen LogP contribution < -0.4 is 4.90 Å². The van der Waals surface area contributed by atoms with Crippen molar-refractivity contribution in [2.75, 3.05) is 31.1 Å². The summed E-state index contributed by atoms with van der Waals surface area (Å²) in [6.07, 6.45) is 11.6. The first-order chi connectivity index (χ1) is 10.9. The summed E-state index contributed by atoms with van der Waals surface area (Å²) in [7, 11) is 0. The number of aromatic nitrogens is 1. The van der Waals surface area contributed by atoms with Crippen molar-refractivity contribution in [2.45, 2.75) is 51.4 Å². The Hall–Kier alpha value is -1.58. The number of pyridine rings is 1. The molecule has 4 heteroatoms. The summed E-state index contributed by atoms with van der Waals surface area (Å²) in [6.45, 7) is 3.84. The lowest BCUT2D eigenvalue weighted by Crippen LogP contribution is -2.34. The van der Waals surface area contributed by atoms with E-state index in [1.165, 1.54) is 38.5 Å². The molecule has 0 saturated carbocycles. The van der Waals surface area contributed by atoms with Gasteiger partial charge >= 0.3 is 0 Å². The van der Waals surface area contributed by atoms with Gasteiger partial charge in [-0.15, -0.1) is 0 Å². The minimum Gasteiger partial charge on any atom is -0.356 e. The first-order valence-electron chi connectivity index (χ1n) is 8.85. The lowest BCUT2D eigenvalue weighted by molar-refractivity contribution is 0.0762. The summed E-state index contributed by atoms with van der Waals surface area (Å²) in [5.74, 6) is 1.08. The van der Waals surface area contributed by atoms with Gasteiger partial charge in [-0.25, -0.2) is 4.98 Å². The highest BCUT2D eigenvalue weighted by Gasteiger charge is 2.23. The molecule has 0 radical (unpaired) electrons. The molecular weight excluding hydrogens is 274 g/mol. The molecule has 3 heterocycles. The monoisotopic (exact) mass is 301 g/mol. The van der Waals surface area contributed by atoms with Crippen LogP contribution >= 0.6 is 0 Å². The zero-order valence-corrected chi connectivity index (χ0v) is 13.5. The van der Waals surface area contributed by atoms with Crippen molar-refractivity contribution in [1.29, 1.82) is 0 Å². The molecule has 1 aromatic heterocycles. The fourth-order valence-electron chi connectivity index (χ4n) is 3.54. The molecule has 0 aromatic carbocycles. The first-order valence-corrected chi connectivity index (χ1v) is 8.85. The number of carbonyl (C=O) groups is 1. The van der Waals surface area contributed by atoms with Gasteiger partial charge in [0.25, 0.3) is 5.91 Å². The molecule has 3 rings (SSSR count). The van der Waals surface area contributed by atoms with Gasteiger partial charge in [0.2, 0.25) is 0 Å². The summed E-state index contributed by atoms with van der Waals surface area (Å²) >= 11 is 0. The van der Waals surface area contributed by atoms with Crippen LogP contribution in [0.2, 0.25) is 0 Å². The summed E-state index contributed by atoms with van der Waals surface area (Å²) in [6, 6.07) is 3.85. The fraction of sp³-hybridized carbons (Fsp3) is 0.667. The predicted octanol–water partition coefficient (Wildman–Crippen LogP) is 3.48. The van der Waals surface area contributed by atoms with Crippen LogP contribution in [-0.2, 0) is 0 Å². The van der Waals surface area contributed by atoms with E-state index < -0.39 is 0 Å². The van der Waals surface area contributed by atoms with Crippen molar-refractivity contribution in [3.8, 4) is 0 Å². The molecule has 1 amide bonds. The molecule has 2 aliphatic heterocycles. The predicted molar refractivity (Wildman–Crippen MR) is 89.3 cm³/mol. The van der Waals surface area contributed by atoms with Gasteiger partial charge in [0.1, 0.15) is 5.82 Å². The lowest BCUT2D eigenvalue weighted by atomic mass is 10.2. The average Bonchev–Trinajstić information content (AvgIpc) is 2.99. The van der Waals surface area contributed by atoms with Crippen molar-refractivity contribution in [3.05, 3.63) is 23.9 Å². The highest BCUT2D eigenvalue weighted by atomic mass is 16.2. The van der Waals surface area contributed by atoms with Gasteiger partial charge in [-0.1, -0.05) is 25.7 Å². The molecule has 4 nitrogen and oxygen atoms in total. The summed E-state index contributed by atoms with van der Waals surface area (Å²) in [4.78, 5) is 21.9. The summed E-state index contributed by atoms with van der Waals surface area (Å²) in [5.41, 5.74) is 0.798. The van der Waals surface area contributed by atoms with Gasteiger partial charge in [-0.3, -0.25) is 4.79 Å². The van der Waals surface area contributed by atoms with E-state index in [2.05, 4.69) is 9.88 Å². The van der Waals surface area contributed by atoms with Crippen LogP contribution in [0.1, 0.15) is 61.7 Å². The third-order valence-electron chi connectivity index (χ3n) is 4.82.